The molecular formula is C85H100N12O15+2. The van der Waals surface area contributed by atoms with Gasteiger partial charge in [-0.15, -0.1) is 13.2 Å². The molecule has 6 atom stereocenters. The molecule has 0 radical (unpaired) electrons. The number of rotatable bonds is 38. The van der Waals surface area contributed by atoms with E-state index in [2.05, 4.69) is 43.0 Å². The highest BCUT2D eigenvalue weighted by atomic mass is 16.5. The van der Waals surface area contributed by atoms with Crippen LogP contribution in [0, 0.1) is 11.1 Å². The number of aliphatic imine (C=N–C) groups is 3. The van der Waals surface area contributed by atoms with Gasteiger partial charge in [0, 0.05) is 125 Å². The van der Waals surface area contributed by atoms with Crippen molar-refractivity contribution in [3.8, 4) is 17.2 Å². The number of amides is 1. The van der Waals surface area contributed by atoms with E-state index in [1.807, 2.05) is 163 Å². The Morgan fingerprint density at radius 2 is 0.929 bits per heavy atom. The van der Waals surface area contributed by atoms with Crippen molar-refractivity contribution in [3.05, 3.63) is 252 Å². The van der Waals surface area contributed by atoms with Crippen LogP contribution in [0.25, 0.3) is 0 Å². The van der Waals surface area contributed by atoms with Crippen LogP contribution in [0.4, 0.5) is 5.69 Å². The Morgan fingerprint density at radius 1 is 0.518 bits per heavy atom. The Bertz CT molecular complexity index is 4400. The fraction of sp³-hybridized carbons (Fsp3) is 0.388. The number of hydroxylamine groups is 1. The standard InChI is InChI=1S/C30H38N5O5.C29H36N5O5.C26H26N2O5/c1-2-14-30(27(37)9-5-15-35-16-20-38-21-17-35)28(26-8-4-3-7-24(26)22-32-34-31)40-29(33-30)23-10-12-25(13-11-23)39-19-6-18-36;1-2-14-29(26(36)9-5-15-34-16-20-37-21-17-34)27(24-7-3-4-8-25(24)32-33-30)39-28(31-29)22-10-12-23(13-11-22)38-19-6-18-35;29-16-7-17-32-22-14-12-21(13-15-22)24-27-26(25(30)28-31,18-19-8-3-1-4-9-19)23(33-24)20-10-5-2-6-11-20/h2-4,7-8,10-13,28,31,36H,1,5-6,9,14-22H2;2-4,7-8,10-13,27,30,35H,1,5-6,9,14-21H2;1-6,8-15,23,29,31H,7,16-18H2,(H,28,30)/q2*+1;/t28-,30+;27-,29+;23-,26-/m111/s1. The van der Waals surface area contributed by atoms with Crippen molar-refractivity contribution in [2.45, 2.75) is 106 Å². The summed E-state index contributed by atoms with van der Waals surface area (Å²) in [5, 5.41) is 44.4. The molecule has 5 aliphatic rings. The van der Waals surface area contributed by atoms with E-state index >= 15 is 0 Å². The predicted octanol–water partition coefficient (Wildman–Crippen LogP) is 11.6. The first-order valence-electron chi connectivity index (χ1n) is 37.9. The van der Waals surface area contributed by atoms with Crippen LogP contribution >= 0.6 is 0 Å². The molecule has 0 aliphatic carbocycles. The van der Waals surface area contributed by atoms with E-state index in [4.69, 9.17) is 79.3 Å². The first-order chi connectivity index (χ1) is 54.9. The SMILES string of the molecule is C=CC[C@@]1(C(=O)CCCN2CCOCC2)N=C(c2ccc(OCCCO)cc2)O[C@@H]1c1ccccc1CN=[N+]=N.C=CC[C@@]1(C(=O)CCCN2CCOCC2)N=C(c2ccc(OCCCO)cc2)O[C@@H]1c1ccccc1N=[N+]=N.O=C(NO)[C@]1(Cc2ccccc2)N=C(c2ccc(OCCCO)cc2)O[C@@H]1c1ccccc1. The smallest absolute Gasteiger partial charge is 0.275 e. The molecule has 0 saturated carbocycles. The van der Waals surface area contributed by atoms with E-state index in [1.54, 1.807) is 36.4 Å². The fourth-order valence-electron chi connectivity index (χ4n) is 14.0. The van der Waals surface area contributed by atoms with Gasteiger partial charge in [0.25, 0.3) is 5.91 Å². The minimum atomic E-state index is -1.40. The lowest BCUT2D eigenvalue weighted by Gasteiger charge is -2.31. The Labute approximate surface area is 652 Å². The van der Waals surface area contributed by atoms with Gasteiger partial charge >= 0.3 is 0 Å². The average molecular weight is 1530 g/mol. The number of hydrogen-bond acceptors (Lipinski definition) is 24. The normalized spacial score (nSPS) is 20.4. The average Bonchev–Trinajstić information content (AvgIpc) is 1.63. The second-order valence-electron chi connectivity index (χ2n) is 27.2. The molecule has 7 N–H and O–H groups in total. The second kappa shape index (κ2) is 42.9. The first kappa shape index (κ1) is 83.4. The maximum atomic E-state index is 14.1. The third-order valence-electron chi connectivity index (χ3n) is 19.7. The molecule has 0 aromatic heterocycles. The highest BCUT2D eigenvalue weighted by Gasteiger charge is 2.55. The molecule has 1 amide bonds. The Morgan fingerprint density at radius 3 is 1.37 bits per heavy atom. The third-order valence-corrected chi connectivity index (χ3v) is 19.7. The van der Waals surface area contributed by atoms with Gasteiger partial charge < -0.3 is 53.2 Å². The van der Waals surface area contributed by atoms with Gasteiger partial charge in [-0.2, -0.15) is 0 Å². The van der Waals surface area contributed by atoms with Crippen LogP contribution < -0.4 is 29.5 Å². The molecule has 0 spiro atoms. The largest absolute Gasteiger partial charge is 0.494 e. The van der Waals surface area contributed by atoms with E-state index in [1.165, 1.54) is 0 Å². The fourth-order valence-corrected chi connectivity index (χ4v) is 14.0. The summed E-state index contributed by atoms with van der Waals surface area (Å²) in [7, 11) is 0. The molecule has 0 unspecified atom stereocenters. The number of carbonyl (C=O) groups is 3. The lowest BCUT2D eigenvalue weighted by Crippen LogP contribution is -2.49. The molecule has 27 heteroatoms. The highest BCUT2D eigenvalue weighted by molar-refractivity contribution is 6.03. The highest BCUT2D eigenvalue weighted by Crippen LogP contribution is 2.48. The summed E-state index contributed by atoms with van der Waals surface area (Å²) in [6.45, 7) is 17.5. The molecule has 7 aromatic carbocycles. The van der Waals surface area contributed by atoms with Crippen LogP contribution in [0.5, 0.6) is 17.2 Å². The van der Waals surface area contributed by atoms with Crippen LogP contribution in [0.1, 0.15) is 121 Å². The molecule has 2 saturated heterocycles. The van der Waals surface area contributed by atoms with Crippen LogP contribution in [0.3, 0.4) is 0 Å². The molecule has 5 heterocycles. The summed E-state index contributed by atoms with van der Waals surface area (Å²) in [6.07, 6.45) is 5.84. The summed E-state index contributed by atoms with van der Waals surface area (Å²) in [4.78, 5) is 67.0. The summed E-state index contributed by atoms with van der Waals surface area (Å²) >= 11 is 0. The van der Waals surface area contributed by atoms with E-state index in [9.17, 15) is 19.6 Å². The van der Waals surface area contributed by atoms with Crippen LogP contribution in [-0.4, -0.2) is 187 Å². The Kier molecular flexibility index (Phi) is 32.0. The summed E-state index contributed by atoms with van der Waals surface area (Å²) in [6, 6.07) is 55.7. The van der Waals surface area contributed by atoms with Crippen molar-refractivity contribution in [1.82, 2.24) is 25.1 Å². The number of hydrogen-bond donors (Lipinski definition) is 7. The van der Waals surface area contributed by atoms with Crippen molar-refractivity contribution in [1.29, 1.82) is 11.1 Å². The number of aliphatic hydroxyl groups excluding tert-OH is 3. The maximum absolute atomic E-state index is 14.1. The zero-order chi connectivity index (χ0) is 78.8. The van der Waals surface area contributed by atoms with Gasteiger partial charge in [-0.05, 0) is 121 Å². The summed E-state index contributed by atoms with van der Waals surface area (Å²) in [5.41, 5.74) is 18.9. The lowest BCUT2D eigenvalue weighted by molar-refractivity contribution is -0.137. The van der Waals surface area contributed by atoms with E-state index < -0.39 is 40.8 Å². The topological polar surface area (TPSA) is 362 Å². The van der Waals surface area contributed by atoms with Crippen LogP contribution in [0.2, 0.25) is 0 Å². The van der Waals surface area contributed by atoms with Crippen molar-refractivity contribution < 1.29 is 72.8 Å². The van der Waals surface area contributed by atoms with Gasteiger partial charge in [-0.3, -0.25) is 29.4 Å². The molecular weight excluding hydrogens is 1430 g/mol. The molecule has 7 aromatic rings. The quantitative estimate of drug-likeness (QED) is 0.00472. The number of ether oxygens (including phenoxy) is 8. The van der Waals surface area contributed by atoms with Crippen molar-refractivity contribution >= 4 is 40.9 Å². The minimum absolute atomic E-state index is 0.00142. The molecule has 588 valence electrons. The van der Waals surface area contributed by atoms with Crippen molar-refractivity contribution in [2.75, 3.05) is 105 Å². The van der Waals surface area contributed by atoms with Gasteiger partial charge in [-0.1, -0.05) is 115 Å². The van der Waals surface area contributed by atoms with Crippen LogP contribution in [0.15, 0.2) is 233 Å². The molecule has 12 rings (SSSR count). The number of nitrogens with one attached hydrogen (secondary N) is 3. The van der Waals surface area contributed by atoms with Crippen molar-refractivity contribution in [3.63, 3.8) is 0 Å². The zero-order valence-corrected chi connectivity index (χ0v) is 63.0. The Balaban J connectivity index is 0.000000179. The van der Waals surface area contributed by atoms with Crippen molar-refractivity contribution in [2.24, 2.45) is 25.2 Å². The predicted molar refractivity (Wildman–Crippen MR) is 420 cm³/mol. The number of Topliss-reactive ketones (excluding diaryl/α,β-unsaturated/α-hetero) is 2. The number of nitrogens with zero attached hydrogens (tertiary/aromatic N) is 9. The van der Waals surface area contributed by atoms with Gasteiger partial charge in [-0.25, -0.2) is 20.5 Å². The van der Waals surface area contributed by atoms with Gasteiger partial charge in [0.2, 0.25) is 27.5 Å². The minimum Gasteiger partial charge on any atom is -0.494 e. The number of ketones is 2. The Hall–Kier alpha value is -11.1. The summed E-state index contributed by atoms with van der Waals surface area (Å²) < 4.78 is 47.1. The monoisotopic (exact) mass is 1530 g/mol. The van der Waals surface area contributed by atoms with Gasteiger partial charge in [0.05, 0.1) is 46.2 Å². The maximum Gasteiger partial charge on any atom is 0.275 e. The second-order valence-corrected chi connectivity index (χ2v) is 27.2. The van der Waals surface area contributed by atoms with Gasteiger partial charge in [0.1, 0.15) is 40.0 Å². The molecule has 2 fully saturated rings. The first-order valence-corrected chi connectivity index (χ1v) is 37.9. The zero-order valence-electron chi connectivity index (χ0n) is 63.0. The van der Waals surface area contributed by atoms with E-state index in [0.717, 1.165) is 80.3 Å². The van der Waals surface area contributed by atoms with Gasteiger partial charge in [0.15, 0.2) is 57.3 Å². The number of carbonyl (C=O) groups excluding carboxylic acids is 3. The lowest BCUT2D eigenvalue weighted by atomic mass is 9.79. The van der Waals surface area contributed by atoms with E-state index in [-0.39, 0.29) is 50.8 Å². The number of morpholine rings is 2. The number of aliphatic hydroxyl groups is 3. The molecule has 5 aliphatic heterocycles. The molecule has 27 nitrogen and oxygen atoms in total. The third kappa shape index (κ3) is 21.7. The molecule has 112 heavy (non-hydrogen) atoms. The van der Waals surface area contributed by atoms with E-state index in [0.29, 0.717) is 142 Å². The number of benzene rings is 7. The molecule has 0 bridgehead atoms. The van der Waals surface area contributed by atoms with Crippen LogP contribution in [-0.2, 0) is 51.0 Å². The summed E-state index contributed by atoms with van der Waals surface area (Å²) in [5.74, 6) is 2.38.